The number of aromatic hydroxyl groups is 1. The zero-order valence-corrected chi connectivity index (χ0v) is 11.4. The third kappa shape index (κ3) is 3.59. The van der Waals surface area contributed by atoms with Crippen molar-refractivity contribution >= 4 is 11.6 Å². The van der Waals surface area contributed by atoms with Crippen molar-refractivity contribution in [2.45, 2.75) is 6.92 Å². The molecule has 5 nitrogen and oxygen atoms in total. The van der Waals surface area contributed by atoms with Crippen LogP contribution in [0.3, 0.4) is 0 Å². The van der Waals surface area contributed by atoms with Crippen LogP contribution in [-0.2, 0) is 0 Å². The maximum atomic E-state index is 12.2. The van der Waals surface area contributed by atoms with Crippen LogP contribution in [0.1, 0.15) is 21.5 Å². The van der Waals surface area contributed by atoms with E-state index in [0.717, 1.165) is 5.56 Å². The Kier molecular flexibility index (Phi) is 4.54. The number of anilines is 1. The van der Waals surface area contributed by atoms with E-state index >= 15 is 0 Å². The predicted octanol–water partition coefficient (Wildman–Crippen LogP) is 1.69. The largest absolute Gasteiger partial charge is 0.505 e. The summed E-state index contributed by atoms with van der Waals surface area (Å²) < 4.78 is 0. The van der Waals surface area contributed by atoms with Crippen molar-refractivity contribution in [2.75, 3.05) is 11.9 Å². The van der Waals surface area contributed by atoms with E-state index in [1.165, 1.54) is 18.5 Å². The molecule has 21 heavy (non-hydrogen) atoms. The number of hydrogen-bond acceptors (Lipinski definition) is 4. The number of carbonyl (C=O) groups is 1. The van der Waals surface area contributed by atoms with Gasteiger partial charge in [0, 0.05) is 11.8 Å². The Morgan fingerprint density at radius 2 is 2.19 bits per heavy atom. The van der Waals surface area contributed by atoms with E-state index in [2.05, 4.69) is 22.1 Å². The van der Waals surface area contributed by atoms with Crippen LogP contribution in [0.5, 0.6) is 5.75 Å². The SMILES string of the molecule is Cc1ccc(C#CCO)c(NC(=O)c2ccncc2O)c1. The first-order valence-electron chi connectivity index (χ1n) is 6.26. The van der Waals surface area contributed by atoms with Gasteiger partial charge in [0.05, 0.1) is 17.4 Å². The first-order valence-corrected chi connectivity index (χ1v) is 6.26. The van der Waals surface area contributed by atoms with Crippen molar-refractivity contribution in [2.24, 2.45) is 0 Å². The van der Waals surface area contributed by atoms with E-state index < -0.39 is 5.91 Å². The second-order valence-electron chi connectivity index (χ2n) is 4.36. The first-order chi connectivity index (χ1) is 10.1. The highest BCUT2D eigenvalue weighted by Gasteiger charge is 2.12. The molecule has 0 radical (unpaired) electrons. The van der Waals surface area contributed by atoms with Crippen molar-refractivity contribution < 1.29 is 15.0 Å². The van der Waals surface area contributed by atoms with Crippen LogP contribution in [0, 0.1) is 18.8 Å². The van der Waals surface area contributed by atoms with Gasteiger partial charge in [-0.1, -0.05) is 17.9 Å². The molecule has 1 aromatic carbocycles. The molecule has 2 aromatic rings. The van der Waals surface area contributed by atoms with Crippen molar-refractivity contribution in [3.63, 3.8) is 0 Å². The summed E-state index contributed by atoms with van der Waals surface area (Å²) in [6.45, 7) is 1.63. The summed E-state index contributed by atoms with van der Waals surface area (Å²) in [6.07, 6.45) is 2.63. The fourth-order valence-electron chi connectivity index (χ4n) is 1.77. The molecule has 0 saturated heterocycles. The van der Waals surface area contributed by atoms with Gasteiger partial charge >= 0.3 is 0 Å². The van der Waals surface area contributed by atoms with Crippen LogP contribution in [0.15, 0.2) is 36.7 Å². The van der Waals surface area contributed by atoms with Gasteiger partial charge in [0.15, 0.2) is 0 Å². The standard InChI is InChI=1S/C16H14N2O3/c1-11-4-5-12(3-2-8-19)14(9-11)18-16(21)13-6-7-17-10-15(13)20/h4-7,9-10,19-20H,8H2,1H3,(H,18,21). The van der Waals surface area contributed by atoms with Gasteiger partial charge in [0.1, 0.15) is 12.4 Å². The van der Waals surface area contributed by atoms with E-state index in [0.29, 0.717) is 11.3 Å². The molecule has 3 N–H and O–H groups in total. The van der Waals surface area contributed by atoms with Gasteiger partial charge < -0.3 is 15.5 Å². The van der Waals surface area contributed by atoms with Crippen LogP contribution in [0.25, 0.3) is 0 Å². The number of aryl methyl sites for hydroxylation is 1. The third-order valence-electron chi connectivity index (χ3n) is 2.77. The number of carbonyl (C=O) groups excluding carboxylic acids is 1. The molecular weight excluding hydrogens is 268 g/mol. The number of nitrogens with one attached hydrogen (secondary N) is 1. The summed E-state index contributed by atoms with van der Waals surface area (Å²) in [5, 5.41) is 21.1. The highest BCUT2D eigenvalue weighted by Crippen LogP contribution is 2.20. The fraction of sp³-hybridized carbons (Fsp3) is 0.125. The normalized spacial score (nSPS) is 9.62. The van der Waals surface area contributed by atoms with Crippen molar-refractivity contribution in [3.8, 4) is 17.6 Å². The lowest BCUT2D eigenvalue weighted by atomic mass is 10.1. The zero-order chi connectivity index (χ0) is 15.2. The Hall–Kier alpha value is -2.84. The topological polar surface area (TPSA) is 82.5 Å². The highest BCUT2D eigenvalue weighted by atomic mass is 16.3. The molecule has 0 saturated carbocycles. The quantitative estimate of drug-likeness (QED) is 0.732. The Bertz CT molecular complexity index is 730. The molecule has 0 aliphatic rings. The van der Waals surface area contributed by atoms with E-state index in [1.54, 1.807) is 12.1 Å². The van der Waals surface area contributed by atoms with E-state index in [-0.39, 0.29) is 17.9 Å². The average Bonchev–Trinajstić information content (AvgIpc) is 2.47. The highest BCUT2D eigenvalue weighted by molar-refractivity contribution is 6.06. The lowest BCUT2D eigenvalue weighted by Gasteiger charge is -2.09. The summed E-state index contributed by atoms with van der Waals surface area (Å²) in [5.41, 5.74) is 2.21. The van der Waals surface area contributed by atoms with Gasteiger partial charge in [0.2, 0.25) is 0 Å². The smallest absolute Gasteiger partial charge is 0.259 e. The molecule has 0 atom stereocenters. The predicted molar refractivity (Wildman–Crippen MR) is 79.0 cm³/mol. The zero-order valence-electron chi connectivity index (χ0n) is 11.4. The summed E-state index contributed by atoms with van der Waals surface area (Å²) in [5.74, 6) is 4.68. The molecule has 0 fully saturated rings. The monoisotopic (exact) mass is 282 g/mol. The van der Waals surface area contributed by atoms with Crippen molar-refractivity contribution in [3.05, 3.63) is 53.3 Å². The second kappa shape index (κ2) is 6.55. The molecule has 0 aliphatic heterocycles. The number of aliphatic hydroxyl groups excluding tert-OH is 1. The number of aliphatic hydroxyl groups is 1. The maximum absolute atomic E-state index is 12.2. The summed E-state index contributed by atoms with van der Waals surface area (Å²) in [7, 11) is 0. The Labute approximate surface area is 122 Å². The molecule has 106 valence electrons. The number of benzene rings is 1. The maximum Gasteiger partial charge on any atom is 0.259 e. The van der Waals surface area contributed by atoms with Gasteiger partial charge in [-0.3, -0.25) is 9.78 Å². The lowest BCUT2D eigenvalue weighted by Crippen LogP contribution is -2.13. The summed E-state index contributed by atoms with van der Waals surface area (Å²) in [6, 6.07) is 6.83. The summed E-state index contributed by atoms with van der Waals surface area (Å²) in [4.78, 5) is 15.9. The van der Waals surface area contributed by atoms with Crippen molar-refractivity contribution in [1.29, 1.82) is 0 Å². The lowest BCUT2D eigenvalue weighted by molar-refractivity contribution is 0.102. The van der Waals surface area contributed by atoms with Gasteiger partial charge in [-0.2, -0.15) is 0 Å². The molecule has 0 bridgehead atoms. The molecule has 2 rings (SSSR count). The van der Waals surface area contributed by atoms with Gasteiger partial charge in [-0.05, 0) is 30.7 Å². The van der Waals surface area contributed by atoms with Crippen LogP contribution in [0.2, 0.25) is 0 Å². The Morgan fingerprint density at radius 1 is 1.38 bits per heavy atom. The van der Waals surface area contributed by atoms with Gasteiger partial charge in [0.25, 0.3) is 5.91 Å². The number of rotatable bonds is 2. The molecule has 1 heterocycles. The fourth-order valence-corrected chi connectivity index (χ4v) is 1.77. The first kappa shape index (κ1) is 14.6. The second-order valence-corrected chi connectivity index (χ2v) is 4.36. The molecule has 1 amide bonds. The minimum Gasteiger partial charge on any atom is -0.505 e. The Morgan fingerprint density at radius 3 is 2.90 bits per heavy atom. The van der Waals surface area contributed by atoms with E-state index in [4.69, 9.17) is 5.11 Å². The molecule has 0 aliphatic carbocycles. The van der Waals surface area contributed by atoms with Crippen LogP contribution in [0.4, 0.5) is 5.69 Å². The molecular formula is C16H14N2O3. The molecule has 0 spiro atoms. The number of hydrogen-bond donors (Lipinski definition) is 3. The van der Waals surface area contributed by atoms with E-state index in [1.807, 2.05) is 13.0 Å². The van der Waals surface area contributed by atoms with Crippen LogP contribution in [-0.4, -0.2) is 27.7 Å². The van der Waals surface area contributed by atoms with Crippen LogP contribution >= 0.6 is 0 Å². The number of aromatic nitrogens is 1. The Balaban J connectivity index is 2.33. The minimum atomic E-state index is -0.451. The van der Waals surface area contributed by atoms with Gasteiger partial charge in [-0.15, -0.1) is 0 Å². The van der Waals surface area contributed by atoms with Crippen molar-refractivity contribution in [1.82, 2.24) is 4.98 Å². The summed E-state index contributed by atoms with van der Waals surface area (Å²) >= 11 is 0. The third-order valence-corrected chi connectivity index (χ3v) is 2.77. The number of amides is 1. The average molecular weight is 282 g/mol. The van der Waals surface area contributed by atoms with Gasteiger partial charge in [-0.25, -0.2) is 0 Å². The molecule has 5 heteroatoms. The van der Waals surface area contributed by atoms with E-state index in [9.17, 15) is 9.90 Å². The van der Waals surface area contributed by atoms with Crippen LogP contribution < -0.4 is 5.32 Å². The minimum absolute atomic E-state index is 0.132. The molecule has 1 aromatic heterocycles. The number of pyridine rings is 1. The number of nitrogens with zero attached hydrogens (tertiary/aromatic N) is 1. The molecule has 0 unspecified atom stereocenters.